The van der Waals surface area contributed by atoms with E-state index in [2.05, 4.69) is 0 Å². The van der Waals surface area contributed by atoms with E-state index in [1.54, 1.807) is 12.1 Å². The van der Waals surface area contributed by atoms with Crippen molar-refractivity contribution in [1.82, 2.24) is 0 Å². The first-order chi connectivity index (χ1) is 7.37. The lowest BCUT2D eigenvalue weighted by atomic mass is 9.92. The Kier molecular flexibility index (Phi) is 4.05. The van der Waals surface area contributed by atoms with Crippen molar-refractivity contribution in [3.8, 4) is 0 Å². The first-order valence-corrected chi connectivity index (χ1v) is 5.27. The van der Waals surface area contributed by atoms with Gasteiger partial charge in [0.2, 0.25) is 0 Å². The molecule has 0 aliphatic heterocycles. The summed E-state index contributed by atoms with van der Waals surface area (Å²) in [4.78, 5) is 11.4. The first-order valence-electron chi connectivity index (χ1n) is 5.27. The van der Waals surface area contributed by atoms with E-state index in [9.17, 15) is 9.18 Å². The molecular weight excluding hydrogens is 207 g/mol. The third-order valence-electron chi connectivity index (χ3n) is 1.96. The molecule has 2 nitrogen and oxygen atoms in total. The largest absolute Gasteiger partial charge is 0.461 e. The van der Waals surface area contributed by atoms with Crippen LogP contribution in [0.4, 0.5) is 4.39 Å². The Morgan fingerprint density at radius 2 is 2.06 bits per heavy atom. The van der Waals surface area contributed by atoms with Crippen molar-refractivity contribution in [2.45, 2.75) is 33.8 Å². The van der Waals surface area contributed by atoms with Crippen molar-refractivity contribution in [2.75, 3.05) is 0 Å². The second kappa shape index (κ2) is 5.10. The van der Waals surface area contributed by atoms with Crippen molar-refractivity contribution in [3.05, 3.63) is 35.6 Å². The number of carbonyl (C=O) groups is 1. The van der Waals surface area contributed by atoms with Crippen LogP contribution in [0.3, 0.4) is 0 Å². The molecule has 0 fully saturated rings. The summed E-state index contributed by atoms with van der Waals surface area (Å²) >= 11 is 0. The third-order valence-corrected chi connectivity index (χ3v) is 1.96. The van der Waals surface area contributed by atoms with Gasteiger partial charge in [0.05, 0.1) is 6.42 Å². The van der Waals surface area contributed by atoms with Gasteiger partial charge in [0.25, 0.3) is 0 Å². The van der Waals surface area contributed by atoms with Crippen LogP contribution in [0.2, 0.25) is 0 Å². The van der Waals surface area contributed by atoms with Gasteiger partial charge in [-0.3, -0.25) is 4.79 Å². The summed E-state index contributed by atoms with van der Waals surface area (Å²) in [6.45, 7) is 6.04. The van der Waals surface area contributed by atoms with Crippen LogP contribution in [0.5, 0.6) is 0 Å². The molecule has 0 aliphatic carbocycles. The SMILES string of the molecule is CC(C)(C)CC(=O)OCc1cccc(F)c1. The lowest BCUT2D eigenvalue weighted by molar-refractivity contribution is -0.147. The first kappa shape index (κ1) is 12.7. The van der Waals surface area contributed by atoms with E-state index < -0.39 is 0 Å². The molecule has 88 valence electrons. The van der Waals surface area contributed by atoms with Gasteiger partial charge < -0.3 is 4.74 Å². The Balaban J connectivity index is 2.43. The molecule has 16 heavy (non-hydrogen) atoms. The van der Waals surface area contributed by atoms with E-state index in [4.69, 9.17) is 4.74 Å². The molecule has 0 radical (unpaired) electrons. The zero-order valence-electron chi connectivity index (χ0n) is 9.92. The van der Waals surface area contributed by atoms with Crippen molar-refractivity contribution in [3.63, 3.8) is 0 Å². The monoisotopic (exact) mass is 224 g/mol. The number of esters is 1. The Bertz CT molecular complexity index is 366. The summed E-state index contributed by atoms with van der Waals surface area (Å²) in [5.74, 6) is -0.568. The summed E-state index contributed by atoms with van der Waals surface area (Å²) in [5, 5.41) is 0. The minimum Gasteiger partial charge on any atom is -0.461 e. The minimum atomic E-state index is -0.315. The molecule has 0 saturated heterocycles. The van der Waals surface area contributed by atoms with Crippen LogP contribution in [0.25, 0.3) is 0 Å². The maximum absolute atomic E-state index is 12.8. The highest BCUT2D eigenvalue weighted by atomic mass is 19.1. The number of rotatable bonds is 3. The Morgan fingerprint density at radius 3 is 2.62 bits per heavy atom. The van der Waals surface area contributed by atoms with Gasteiger partial charge in [0.1, 0.15) is 12.4 Å². The van der Waals surface area contributed by atoms with Crippen molar-refractivity contribution >= 4 is 5.97 Å². The van der Waals surface area contributed by atoms with Crippen LogP contribution in [0.15, 0.2) is 24.3 Å². The van der Waals surface area contributed by atoms with Gasteiger partial charge in [-0.05, 0) is 23.1 Å². The number of carbonyl (C=O) groups excluding carboxylic acids is 1. The molecule has 0 unspecified atom stereocenters. The van der Waals surface area contributed by atoms with E-state index in [0.29, 0.717) is 12.0 Å². The highest BCUT2D eigenvalue weighted by Crippen LogP contribution is 2.19. The molecule has 0 amide bonds. The predicted molar refractivity (Wildman–Crippen MR) is 60.3 cm³/mol. The average Bonchev–Trinajstić information content (AvgIpc) is 2.12. The van der Waals surface area contributed by atoms with Gasteiger partial charge in [0.15, 0.2) is 0 Å². The summed E-state index contributed by atoms with van der Waals surface area (Å²) in [6.07, 6.45) is 0.363. The fraction of sp³-hybridized carbons (Fsp3) is 0.462. The average molecular weight is 224 g/mol. The number of benzene rings is 1. The molecule has 1 aromatic carbocycles. The molecular formula is C13H17FO2. The van der Waals surface area contributed by atoms with E-state index in [1.807, 2.05) is 20.8 Å². The standard InChI is InChI=1S/C13H17FO2/c1-13(2,3)8-12(15)16-9-10-5-4-6-11(14)7-10/h4-7H,8-9H2,1-3H3. The normalized spacial score (nSPS) is 11.2. The minimum absolute atomic E-state index is 0.0843. The molecule has 0 aliphatic rings. The zero-order valence-corrected chi connectivity index (χ0v) is 9.92. The van der Waals surface area contributed by atoms with Gasteiger partial charge in [0, 0.05) is 0 Å². The fourth-order valence-corrected chi connectivity index (χ4v) is 1.27. The van der Waals surface area contributed by atoms with Crippen molar-refractivity contribution < 1.29 is 13.9 Å². The van der Waals surface area contributed by atoms with Gasteiger partial charge in [-0.25, -0.2) is 4.39 Å². The molecule has 0 spiro atoms. The molecule has 1 aromatic rings. The van der Waals surface area contributed by atoms with E-state index >= 15 is 0 Å². The Hall–Kier alpha value is -1.38. The van der Waals surface area contributed by atoms with Gasteiger partial charge in [-0.2, -0.15) is 0 Å². The quantitative estimate of drug-likeness (QED) is 0.736. The molecule has 0 N–H and O–H groups in total. The number of hydrogen-bond acceptors (Lipinski definition) is 2. The topological polar surface area (TPSA) is 26.3 Å². The van der Waals surface area contributed by atoms with Crippen molar-refractivity contribution in [1.29, 1.82) is 0 Å². The van der Waals surface area contributed by atoms with E-state index in [0.717, 1.165) is 0 Å². The summed E-state index contributed by atoms with van der Waals surface area (Å²) in [5.41, 5.74) is 0.584. The number of hydrogen-bond donors (Lipinski definition) is 0. The van der Waals surface area contributed by atoms with E-state index in [1.165, 1.54) is 12.1 Å². The molecule has 0 atom stereocenters. The molecule has 0 heterocycles. The fourth-order valence-electron chi connectivity index (χ4n) is 1.27. The van der Waals surface area contributed by atoms with Crippen LogP contribution < -0.4 is 0 Å². The highest BCUT2D eigenvalue weighted by Gasteiger charge is 2.16. The van der Waals surface area contributed by atoms with Gasteiger partial charge in [-0.15, -0.1) is 0 Å². The van der Waals surface area contributed by atoms with Crippen molar-refractivity contribution in [2.24, 2.45) is 5.41 Å². The smallest absolute Gasteiger partial charge is 0.306 e. The maximum atomic E-state index is 12.8. The van der Waals surface area contributed by atoms with Crippen LogP contribution >= 0.6 is 0 Å². The summed E-state index contributed by atoms with van der Waals surface area (Å²) < 4.78 is 17.9. The molecule has 0 aromatic heterocycles. The second-order valence-corrected chi connectivity index (χ2v) is 5.03. The third kappa shape index (κ3) is 4.91. The van der Waals surface area contributed by atoms with Gasteiger partial charge >= 0.3 is 5.97 Å². The Labute approximate surface area is 95.4 Å². The van der Waals surface area contributed by atoms with Crippen LogP contribution in [0.1, 0.15) is 32.8 Å². The maximum Gasteiger partial charge on any atom is 0.306 e. The molecule has 0 saturated carbocycles. The summed E-state index contributed by atoms with van der Waals surface area (Å²) in [6, 6.07) is 6.06. The van der Waals surface area contributed by atoms with Crippen LogP contribution in [-0.2, 0) is 16.1 Å². The van der Waals surface area contributed by atoms with E-state index in [-0.39, 0.29) is 23.8 Å². The molecule has 3 heteroatoms. The lowest BCUT2D eigenvalue weighted by Crippen LogP contribution is -2.15. The zero-order chi connectivity index (χ0) is 12.2. The second-order valence-electron chi connectivity index (χ2n) is 5.03. The number of ether oxygens (including phenoxy) is 1. The lowest BCUT2D eigenvalue weighted by Gasteiger charge is -2.16. The predicted octanol–water partition coefficient (Wildman–Crippen LogP) is 3.31. The highest BCUT2D eigenvalue weighted by molar-refractivity contribution is 5.70. The Morgan fingerprint density at radius 1 is 1.38 bits per heavy atom. The van der Waals surface area contributed by atoms with Crippen LogP contribution in [0, 0.1) is 11.2 Å². The number of halogens is 1. The summed E-state index contributed by atoms with van der Waals surface area (Å²) in [7, 11) is 0. The molecule has 0 bridgehead atoms. The van der Waals surface area contributed by atoms with Crippen LogP contribution in [-0.4, -0.2) is 5.97 Å². The molecule has 1 rings (SSSR count). The van der Waals surface area contributed by atoms with Gasteiger partial charge in [-0.1, -0.05) is 32.9 Å².